The number of piperazine rings is 1. The second-order valence-corrected chi connectivity index (χ2v) is 7.86. The van der Waals surface area contributed by atoms with Crippen molar-refractivity contribution < 1.29 is 14.3 Å². The van der Waals surface area contributed by atoms with Gasteiger partial charge in [-0.2, -0.15) is 5.26 Å². The molecule has 0 aromatic heterocycles. The highest BCUT2D eigenvalue weighted by Crippen LogP contribution is 2.32. The lowest BCUT2D eigenvalue weighted by atomic mass is 10.1. The SMILES string of the molecule is CC(C)(C)NC(=O)/C(C#N)=C\N1CCN(Cc2ccc3c(c2)OCO3)CC1. The van der Waals surface area contributed by atoms with Gasteiger partial charge in [-0.15, -0.1) is 0 Å². The Morgan fingerprint density at radius 1 is 1.22 bits per heavy atom. The first kappa shape index (κ1) is 19.1. The minimum absolute atomic E-state index is 0.147. The number of nitrogens with one attached hydrogen (secondary N) is 1. The number of hydrogen-bond donors (Lipinski definition) is 1. The van der Waals surface area contributed by atoms with Crippen molar-refractivity contribution in [3.8, 4) is 17.6 Å². The fraction of sp³-hybridized carbons (Fsp3) is 0.500. The number of ether oxygens (including phenoxy) is 2. The highest BCUT2D eigenvalue weighted by Gasteiger charge is 2.21. The summed E-state index contributed by atoms with van der Waals surface area (Å²) in [5, 5.41) is 12.1. The molecule has 0 bridgehead atoms. The van der Waals surface area contributed by atoms with Crippen LogP contribution in [0, 0.1) is 11.3 Å². The monoisotopic (exact) mass is 370 g/mol. The summed E-state index contributed by atoms with van der Waals surface area (Å²) in [6.45, 7) is 10.1. The van der Waals surface area contributed by atoms with E-state index in [1.165, 1.54) is 5.56 Å². The molecule has 0 unspecified atom stereocenters. The molecule has 7 heteroatoms. The fourth-order valence-corrected chi connectivity index (χ4v) is 3.08. The Kier molecular flexibility index (Phi) is 5.57. The van der Waals surface area contributed by atoms with E-state index in [0.717, 1.165) is 44.2 Å². The van der Waals surface area contributed by atoms with Crippen LogP contribution < -0.4 is 14.8 Å². The molecule has 0 atom stereocenters. The van der Waals surface area contributed by atoms with Crippen molar-refractivity contribution in [3.63, 3.8) is 0 Å². The molecular weight excluding hydrogens is 344 g/mol. The zero-order valence-electron chi connectivity index (χ0n) is 16.1. The van der Waals surface area contributed by atoms with Crippen LogP contribution in [0.4, 0.5) is 0 Å². The summed E-state index contributed by atoms with van der Waals surface area (Å²) >= 11 is 0. The topological polar surface area (TPSA) is 77.8 Å². The van der Waals surface area contributed by atoms with Crippen LogP contribution in [0.1, 0.15) is 26.3 Å². The molecular formula is C20H26N4O3. The van der Waals surface area contributed by atoms with Gasteiger partial charge in [0.05, 0.1) is 0 Å². The van der Waals surface area contributed by atoms with Crippen molar-refractivity contribution in [3.05, 3.63) is 35.5 Å². The minimum Gasteiger partial charge on any atom is -0.454 e. The summed E-state index contributed by atoms with van der Waals surface area (Å²) in [6, 6.07) is 8.05. The molecule has 2 aliphatic heterocycles. The van der Waals surface area contributed by atoms with Crippen LogP contribution in [0.15, 0.2) is 30.0 Å². The average molecular weight is 370 g/mol. The molecule has 1 aromatic rings. The van der Waals surface area contributed by atoms with Crippen LogP contribution in [0.25, 0.3) is 0 Å². The average Bonchev–Trinajstić information content (AvgIpc) is 3.07. The summed E-state index contributed by atoms with van der Waals surface area (Å²) in [5.41, 5.74) is 0.968. The molecule has 2 aliphatic rings. The molecule has 1 aromatic carbocycles. The minimum atomic E-state index is -0.365. The van der Waals surface area contributed by atoms with Gasteiger partial charge in [-0.25, -0.2) is 0 Å². The van der Waals surface area contributed by atoms with Gasteiger partial charge in [0.1, 0.15) is 11.6 Å². The Hall–Kier alpha value is -2.72. The number of hydrogen-bond acceptors (Lipinski definition) is 6. The van der Waals surface area contributed by atoms with Gasteiger partial charge in [0, 0.05) is 44.5 Å². The Bertz CT molecular complexity index is 768. The van der Waals surface area contributed by atoms with Gasteiger partial charge in [-0.3, -0.25) is 9.69 Å². The number of benzene rings is 1. The van der Waals surface area contributed by atoms with Gasteiger partial charge in [0.2, 0.25) is 6.79 Å². The molecule has 3 rings (SSSR count). The van der Waals surface area contributed by atoms with Crippen molar-refractivity contribution in [1.82, 2.24) is 15.1 Å². The summed E-state index contributed by atoms with van der Waals surface area (Å²) in [5.74, 6) is 1.27. The molecule has 0 saturated carbocycles. The van der Waals surface area contributed by atoms with Gasteiger partial charge >= 0.3 is 0 Å². The zero-order chi connectivity index (χ0) is 19.4. The van der Waals surface area contributed by atoms with E-state index in [1.54, 1.807) is 6.20 Å². The van der Waals surface area contributed by atoms with E-state index >= 15 is 0 Å². The maximum Gasteiger partial charge on any atom is 0.263 e. The molecule has 0 aliphatic carbocycles. The quantitative estimate of drug-likeness (QED) is 0.644. The van der Waals surface area contributed by atoms with E-state index in [1.807, 2.05) is 43.9 Å². The first-order chi connectivity index (χ1) is 12.8. The number of nitrogens with zero attached hydrogens (tertiary/aromatic N) is 3. The Labute approximate surface area is 160 Å². The lowest BCUT2D eigenvalue weighted by molar-refractivity contribution is -0.118. The van der Waals surface area contributed by atoms with Crippen molar-refractivity contribution in [1.29, 1.82) is 5.26 Å². The molecule has 0 spiro atoms. The molecule has 1 amide bonds. The molecule has 1 saturated heterocycles. The normalized spacial score (nSPS) is 17.6. The van der Waals surface area contributed by atoms with Gasteiger partial charge < -0.3 is 19.7 Å². The maximum atomic E-state index is 12.2. The van der Waals surface area contributed by atoms with Gasteiger partial charge in [0.25, 0.3) is 5.91 Å². The highest BCUT2D eigenvalue weighted by atomic mass is 16.7. The number of rotatable bonds is 4. The van der Waals surface area contributed by atoms with Crippen LogP contribution in [0.5, 0.6) is 11.5 Å². The zero-order valence-corrected chi connectivity index (χ0v) is 16.1. The summed E-state index contributed by atoms with van der Waals surface area (Å²) < 4.78 is 10.8. The van der Waals surface area contributed by atoms with Crippen molar-refractivity contribution in [2.75, 3.05) is 33.0 Å². The number of carbonyl (C=O) groups excluding carboxylic acids is 1. The second kappa shape index (κ2) is 7.89. The predicted molar refractivity (Wildman–Crippen MR) is 101 cm³/mol. The standard InChI is InChI=1S/C20H26N4O3/c1-20(2,3)22-19(25)16(11-21)13-24-8-6-23(7-9-24)12-15-4-5-17-18(10-15)27-14-26-17/h4-5,10,13H,6-9,12,14H2,1-3H3,(H,22,25)/b16-13-. The molecule has 1 N–H and O–H groups in total. The maximum absolute atomic E-state index is 12.2. The number of amides is 1. The summed E-state index contributed by atoms with van der Waals surface area (Å²) in [7, 11) is 0. The van der Waals surface area contributed by atoms with Gasteiger partial charge in [-0.05, 0) is 38.5 Å². The van der Waals surface area contributed by atoms with Crippen molar-refractivity contribution in [2.24, 2.45) is 0 Å². The van der Waals surface area contributed by atoms with E-state index in [9.17, 15) is 10.1 Å². The Balaban J connectivity index is 1.53. The van der Waals surface area contributed by atoms with Crippen LogP contribution in [0.2, 0.25) is 0 Å². The summed E-state index contributed by atoms with van der Waals surface area (Å²) in [4.78, 5) is 16.6. The number of carbonyl (C=O) groups is 1. The second-order valence-electron chi connectivity index (χ2n) is 7.86. The van der Waals surface area contributed by atoms with E-state index in [-0.39, 0.29) is 23.8 Å². The van der Waals surface area contributed by atoms with Crippen LogP contribution in [0.3, 0.4) is 0 Å². The summed E-state index contributed by atoms with van der Waals surface area (Å²) in [6.07, 6.45) is 1.68. The van der Waals surface area contributed by atoms with E-state index in [0.29, 0.717) is 0 Å². The Morgan fingerprint density at radius 2 is 1.93 bits per heavy atom. The molecule has 1 fully saturated rings. The van der Waals surface area contributed by atoms with Crippen LogP contribution in [-0.4, -0.2) is 54.2 Å². The van der Waals surface area contributed by atoms with Gasteiger partial charge in [-0.1, -0.05) is 6.07 Å². The largest absolute Gasteiger partial charge is 0.454 e. The first-order valence-corrected chi connectivity index (χ1v) is 9.13. The van der Waals surface area contributed by atoms with Crippen LogP contribution in [-0.2, 0) is 11.3 Å². The highest BCUT2D eigenvalue weighted by molar-refractivity contribution is 5.97. The van der Waals surface area contributed by atoms with E-state index in [4.69, 9.17) is 9.47 Å². The third kappa shape index (κ3) is 5.14. The van der Waals surface area contributed by atoms with Gasteiger partial charge in [0.15, 0.2) is 11.5 Å². The molecule has 2 heterocycles. The smallest absolute Gasteiger partial charge is 0.263 e. The number of fused-ring (bicyclic) bond motifs is 1. The third-order valence-corrected chi connectivity index (χ3v) is 4.42. The fourth-order valence-electron chi connectivity index (χ4n) is 3.08. The third-order valence-electron chi connectivity index (χ3n) is 4.42. The first-order valence-electron chi connectivity index (χ1n) is 9.13. The van der Waals surface area contributed by atoms with E-state index < -0.39 is 0 Å². The molecule has 144 valence electrons. The van der Waals surface area contributed by atoms with E-state index in [2.05, 4.69) is 16.3 Å². The molecule has 7 nitrogen and oxygen atoms in total. The van der Waals surface area contributed by atoms with Crippen LogP contribution >= 0.6 is 0 Å². The van der Waals surface area contributed by atoms with Crippen molar-refractivity contribution >= 4 is 5.91 Å². The lowest BCUT2D eigenvalue weighted by Crippen LogP contribution is -2.45. The molecule has 0 radical (unpaired) electrons. The predicted octanol–water partition coefficient (Wildman–Crippen LogP) is 1.86. The number of nitriles is 1. The molecule has 27 heavy (non-hydrogen) atoms. The van der Waals surface area contributed by atoms with Crippen molar-refractivity contribution in [2.45, 2.75) is 32.9 Å². The lowest BCUT2D eigenvalue weighted by Gasteiger charge is -2.34. The Morgan fingerprint density at radius 3 is 2.59 bits per heavy atom.